The molecule has 0 spiro atoms. The van der Waals surface area contributed by atoms with Gasteiger partial charge in [-0.1, -0.05) is 111 Å². The van der Waals surface area contributed by atoms with Crippen molar-refractivity contribution in [2.24, 2.45) is 0 Å². The highest BCUT2D eigenvalue weighted by Crippen LogP contribution is 2.54. The van der Waals surface area contributed by atoms with E-state index in [2.05, 4.69) is 170 Å². The van der Waals surface area contributed by atoms with Crippen LogP contribution in [0.1, 0.15) is 25.0 Å². The van der Waals surface area contributed by atoms with Gasteiger partial charge in [0.1, 0.15) is 22.3 Å². The zero-order valence-corrected chi connectivity index (χ0v) is 28.9. The number of furan rings is 2. The van der Waals surface area contributed by atoms with Crippen LogP contribution in [0.25, 0.3) is 76.9 Å². The quantitative estimate of drug-likeness (QED) is 0.187. The Morgan fingerprint density at radius 1 is 0.423 bits per heavy atom. The van der Waals surface area contributed by atoms with Crippen molar-refractivity contribution in [3.8, 4) is 22.3 Å². The van der Waals surface area contributed by atoms with Gasteiger partial charge in [0.25, 0.3) is 0 Å². The lowest BCUT2D eigenvalue weighted by Crippen LogP contribution is -2.16. The molecule has 52 heavy (non-hydrogen) atoms. The lowest BCUT2D eigenvalue weighted by Gasteiger charge is -2.29. The van der Waals surface area contributed by atoms with Crippen molar-refractivity contribution in [2.75, 3.05) is 4.90 Å². The van der Waals surface area contributed by atoms with Crippen LogP contribution >= 0.6 is 0 Å². The van der Waals surface area contributed by atoms with E-state index in [1.807, 2.05) is 12.1 Å². The van der Waals surface area contributed by atoms with E-state index in [-0.39, 0.29) is 5.41 Å². The van der Waals surface area contributed by atoms with Crippen molar-refractivity contribution in [1.29, 1.82) is 0 Å². The molecule has 3 nitrogen and oxygen atoms in total. The van der Waals surface area contributed by atoms with Crippen molar-refractivity contribution in [3.63, 3.8) is 0 Å². The van der Waals surface area contributed by atoms with Gasteiger partial charge in [0, 0.05) is 50.0 Å². The molecule has 0 unspecified atom stereocenters. The number of rotatable bonds is 4. The molecule has 1 aliphatic rings. The van der Waals surface area contributed by atoms with Gasteiger partial charge in [0.2, 0.25) is 0 Å². The van der Waals surface area contributed by atoms with E-state index in [0.717, 1.165) is 72.1 Å². The molecule has 2 heterocycles. The summed E-state index contributed by atoms with van der Waals surface area (Å²) < 4.78 is 12.8. The van der Waals surface area contributed by atoms with E-state index >= 15 is 0 Å². The third-order valence-electron chi connectivity index (χ3n) is 11.2. The second-order valence-electron chi connectivity index (χ2n) is 14.5. The van der Waals surface area contributed by atoms with Crippen LogP contribution in [0.15, 0.2) is 173 Å². The first-order valence-corrected chi connectivity index (χ1v) is 17.9. The van der Waals surface area contributed by atoms with Crippen LogP contribution in [0.4, 0.5) is 17.1 Å². The second-order valence-corrected chi connectivity index (χ2v) is 14.5. The van der Waals surface area contributed by atoms with Gasteiger partial charge in [-0.2, -0.15) is 0 Å². The van der Waals surface area contributed by atoms with E-state index in [0.29, 0.717) is 0 Å². The van der Waals surface area contributed by atoms with Crippen molar-refractivity contribution < 1.29 is 8.83 Å². The number of fused-ring (bicyclic) bond motifs is 10. The maximum absolute atomic E-state index is 6.43. The Kier molecular flexibility index (Phi) is 6.01. The SMILES string of the molecule is CC1(C)c2ccccc2-c2c(N(c3ccc(-c4ccc5c(c4)oc4cc6ccccc6cc45)cc3)c3ccc4c(c3)oc3ccccc34)cccc21. The van der Waals surface area contributed by atoms with E-state index in [1.165, 1.54) is 33.0 Å². The summed E-state index contributed by atoms with van der Waals surface area (Å²) >= 11 is 0. The van der Waals surface area contributed by atoms with Crippen molar-refractivity contribution in [3.05, 3.63) is 175 Å². The fourth-order valence-corrected chi connectivity index (χ4v) is 8.65. The molecule has 0 amide bonds. The number of anilines is 3. The Morgan fingerprint density at radius 3 is 1.92 bits per heavy atom. The molecular formula is C49H33NO2. The maximum Gasteiger partial charge on any atom is 0.137 e. The zero-order chi connectivity index (χ0) is 34.6. The summed E-state index contributed by atoms with van der Waals surface area (Å²) in [6.45, 7) is 4.67. The number of para-hydroxylation sites is 1. The second kappa shape index (κ2) is 10.7. The molecule has 1 aliphatic carbocycles. The summed E-state index contributed by atoms with van der Waals surface area (Å²) in [6.07, 6.45) is 0. The first-order chi connectivity index (χ1) is 25.5. The minimum absolute atomic E-state index is 0.109. The highest BCUT2D eigenvalue weighted by Gasteiger charge is 2.37. The van der Waals surface area contributed by atoms with E-state index in [1.54, 1.807) is 0 Å². The monoisotopic (exact) mass is 667 g/mol. The predicted molar refractivity (Wildman–Crippen MR) is 216 cm³/mol. The van der Waals surface area contributed by atoms with Crippen LogP contribution in [0, 0.1) is 0 Å². The molecule has 0 radical (unpaired) electrons. The summed E-state index contributed by atoms with van der Waals surface area (Å²) in [4.78, 5) is 2.39. The maximum atomic E-state index is 6.43. The molecule has 8 aromatic carbocycles. The lowest BCUT2D eigenvalue weighted by atomic mass is 9.82. The number of nitrogens with zero attached hydrogens (tertiary/aromatic N) is 1. The normalized spacial score (nSPS) is 13.3. The van der Waals surface area contributed by atoms with Crippen LogP contribution < -0.4 is 4.90 Å². The molecule has 0 aliphatic heterocycles. The van der Waals surface area contributed by atoms with Crippen LogP contribution in [0.3, 0.4) is 0 Å². The summed E-state index contributed by atoms with van der Waals surface area (Å²) in [5.74, 6) is 0. The number of benzene rings is 8. The minimum Gasteiger partial charge on any atom is -0.456 e. The Hall–Kier alpha value is -6.58. The molecule has 0 saturated carbocycles. The molecule has 3 heteroatoms. The van der Waals surface area contributed by atoms with Gasteiger partial charge in [-0.3, -0.25) is 0 Å². The van der Waals surface area contributed by atoms with Gasteiger partial charge in [0.05, 0.1) is 5.69 Å². The smallest absolute Gasteiger partial charge is 0.137 e. The third kappa shape index (κ3) is 4.20. The van der Waals surface area contributed by atoms with Crippen LogP contribution in [0.2, 0.25) is 0 Å². The van der Waals surface area contributed by atoms with Gasteiger partial charge < -0.3 is 13.7 Å². The number of hydrogen-bond donors (Lipinski definition) is 0. The Balaban J connectivity index is 1.06. The van der Waals surface area contributed by atoms with Crippen molar-refractivity contribution in [1.82, 2.24) is 0 Å². The van der Waals surface area contributed by atoms with Gasteiger partial charge >= 0.3 is 0 Å². The van der Waals surface area contributed by atoms with E-state index in [9.17, 15) is 0 Å². The molecule has 0 bridgehead atoms. The van der Waals surface area contributed by atoms with Crippen LogP contribution in [-0.2, 0) is 5.41 Å². The topological polar surface area (TPSA) is 29.5 Å². The third-order valence-corrected chi connectivity index (χ3v) is 11.2. The summed E-state index contributed by atoms with van der Waals surface area (Å²) in [7, 11) is 0. The summed E-state index contributed by atoms with van der Waals surface area (Å²) in [6, 6.07) is 58.8. The van der Waals surface area contributed by atoms with Crippen LogP contribution in [0.5, 0.6) is 0 Å². The molecule has 11 rings (SSSR count). The summed E-state index contributed by atoms with van der Waals surface area (Å²) in [5.41, 5.74) is 14.3. The molecule has 2 aromatic heterocycles. The highest BCUT2D eigenvalue weighted by atomic mass is 16.3. The minimum atomic E-state index is -0.109. The van der Waals surface area contributed by atoms with Gasteiger partial charge in [-0.15, -0.1) is 0 Å². The van der Waals surface area contributed by atoms with Crippen molar-refractivity contribution in [2.45, 2.75) is 19.3 Å². The van der Waals surface area contributed by atoms with Crippen LogP contribution in [-0.4, -0.2) is 0 Å². The predicted octanol–water partition coefficient (Wildman–Crippen LogP) is 14.1. The molecule has 10 aromatic rings. The zero-order valence-electron chi connectivity index (χ0n) is 28.9. The molecule has 246 valence electrons. The van der Waals surface area contributed by atoms with E-state index in [4.69, 9.17) is 8.83 Å². The van der Waals surface area contributed by atoms with Gasteiger partial charge in [-0.05, 0) is 99.3 Å². The first-order valence-electron chi connectivity index (χ1n) is 17.9. The fourth-order valence-electron chi connectivity index (χ4n) is 8.65. The van der Waals surface area contributed by atoms with Gasteiger partial charge in [0.15, 0.2) is 0 Å². The van der Waals surface area contributed by atoms with Crippen molar-refractivity contribution >= 4 is 71.7 Å². The molecular weight excluding hydrogens is 635 g/mol. The number of hydrogen-bond acceptors (Lipinski definition) is 3. The van der Waals surface area contributed by atoms with Gasteiger partial charge in [-0.25, -0.2) is 0 Å². The Bertz CT molecular complexity index is 3050. The standard InChI is InChI=1S/C49H33NO2/c1-49(2)41-14-7-5-13-39(41)48-42(49)15-9-16-43(48)50(35-23-25-37-36-12-6-8-17-44(36)51-47(37)29-35)34-21-18-30(19-22-34)33-20-24-38-40-26-31-10-3-4-11-32(31)27-46(40)52-45(38)28-33/h3-29H,1-2H3. The first kappa shape index (κ1) is 29.2. The Labute approximate surface area is 301 Å². The van der Waals surface area contributed by atoms with E-state index < -0.39 is 0 Å². The molecule has 0 N–H and O–H groups in total. The largest absolute Gasteiger partial charge is 0.456 e. The lowest BCUT2D eigenvalue weighted by molar-refractivity contribution is 0.660. The average Bonchev–Trinajstić information content (AvgIpc) is 3.81. The summed E-state index contributed by atoms with van der Waals surface area (Å²) in [5, 5.41) is 6.93. The molecule has 0 saturated heterocycles. The molecule has 0 atom stereocenters. The Morgan fingerprint density at radius 2 is 1.04 bits per heavy atom. The average molecular weight is 668 g/mol. The highest BCUT2D eigenvalue weighted by molar-refractivity contribution is 6.11. The fraction of sp³-hybridized carbons (Fsp3) is 0.0612. The molecule has 0 fully saturated rings.